The van der Waals surface area contributed by atoms with E-state index in [9.17, 15) is 10.5 Å². The lowest BCUT2D eigenvalue weighted by Gasteiger charge is -2.22. The topological polar surface area (TPSA) is 62.4 Å². The summed E-state index contributed by atoms with van der Waals surface area (Å²) in [4.78, 5) is 0. The van der Waals surface area contributed by atoms with E-state index in [1.54, 1.807) is 6.07 Å². The summed E-state index contributed by atoms with van der Waals surface area (Å²) in [6, 6.07) is 84.2. The van der Waals surface area contributed by atoms with Gasteiger partial charge in [0.25, 0.3) is 0 Å². The molecule has 10 aromatic carbocycles. The molecule has 5 heteroatoms. The van der Waals surface area contributed by atoms with E-state index in [1.807, 2.05) is 12.1 Å². The van der Waals surface area contributed by atoms with Crippen LogP contribution in [0.25, 0.3) is 116 Å². The maximum absolute atomic E-state index is 10.2. The predicted octanol–water partition coefficient (Wildman–Crippen LogP) is 15.7. The van der Waals surface area contributed by atoms with Gasteiger partial charge in [-0.1, -0.05) is 146 Å². The number of benzene rings is 10. The number of nitriles is 2. The highest BCUT2D eigenvalue weighted by atomic mass is 15.0. The average molecular weight is 852 g/mol. The fourth-order valence-electron chi connectivity index (χ4n) is 10.6. The maximum atomic E-state index is 10.2. The van der Waals surface area contributed by atoms with Crippen LogP contribution in [0.1, 0.15) is 11.1 Å². The van der Waals surface area contributed by atoms with Gasteiger partial charge in [-0.15, -0.1) is 0 Å². The van der Waals surface area contributed by atoms with Crippen LogP contribution in [0.3, 0.4) is 0 Å². The van der Waals surface area contributed by atoms with Gasteiger partial charge in [0, 0.05) is 54.8 Å². The molecule has 13 aromatic rings. The van der Waals surface area contributed by atoms with Gasteiger partial charge in [-0.05, 0) is 101 Å². The van der Waals surface area contributed by atoms with E-state index in [4.69, 9.17) is 0 Å². The Labute approximate surface area is 386 Å². The number of para-hydroxylation sites is 4. The van der Waals surface area contributed by atoms with Crippen LogP contribution < -0.4 is 0 Å². The first-order valence-electron chi connectivity index (χ1n) is 22.5. The number of hydrogen-bond donors (Lipinski definition) is 0. The summed E-state index contributed by atoms with van der Waals surface area (Å²) in [6.07, 6.45) is 0. The van der Waals surface area contributed by atoms with Crippen molar-refractivity contribution in [3.05, 3.63) is 236 Å². The Hall–Kier alpha value is -9.42. The zero-order valence-corrected chi connectivity index (χ0v) is 36.1. The molecule has 0 bridgehead atoms. The minimum Gasteiger partial charge on any atom is -0.309 e. The lowest BCUT2D eigenvalue weighted by Crippen LogP contribution is -2.02. The molecule has 310 valence electrons. The van der Waals surface area contributed by atoms with Crippen molar-refractivity contribution >= 4 is 65.4 Å². The van der Waals surface area contributed by atoms with Crippen molar-refractivity contribution in [3.63, 3.8) is 0 Å². The van der Waals surface area contributed by atoms with Crippen LogP contribution in [0.15, 0.2) is 224 Å². The van der Waals surface area contributed by atoms with E-state index in [0.717, 1.165) is 94.3 Å². The monoisotopic (exact) mass is 851 g/mol. The highest BCUT2D eigenvalue weighted by molar-refractivity contribution is 6.27. The fraction of sp³-hybridized carbons (Fsp3) is 0. The van der Waals surface area contributed by atoms with Gasteiger partial charge in [-0.2, -0.15) is 10.5 Å². The van der Waals surface area contributed by atoms with E-state index < -0.39 is 0 Å². The lowest BCUT2D eigenvalue weighted by molar-refractivity contribution is 1.17. The molecule has 0 saturated carbocycles. The number of fused-ring (bicyclic) bond motifs is 10. The third kappa shape index (κ3) is 5.79. The molecule has 0 N–H and O–H groups in total. The number of aromatic nitrogens is 3. The number of nitrogens with zero attached hydrogens (tertiary/aromatic N) is 5. The second kappa shape index (κ2) is 15.1. The van der Waals surface area contributed by atoms with Crippen LogP contribution in [-0.2, 0) is 0 Å². The smallest absolute Gasteiger partial charge is 0.101 e. The minimum absolute atomic E-state index is 0.352. The predicted molar refractivity (Wildman–Crippen MR) is 275 cm³/mol. The molecule has 67 heavy (non-hydrogen) atoms. The molecule has 0 amide bonds. The molecular formula is C62H37N5. The number of hydrogen-bond acceptors (Lipinski definition) is 2. The Bertz CT molecular complexity index is 4100. The summed E-state index contributed by atoms with van der Waals surface area (Å²) in [5.41, 5.74) is 16.7. The van der Waals surface area contributed by atoms with Crippen molar-refractivity contribution in [2.24, 2.45) is 0 Å². The SMILES string of the molecule is N#Cc1ccc(-c2cc(-c3ccccc3)c(-n3c4ccc(-n5c6ccccc6c6ccccc65)cc4c4ccc5c(c6ccccc6n5-c5ccccc5)c43)c(-c3ccccc3)c2)cc1C#N. The maximum Gasteiger partial charge on any atom is 0.101 e. The third-order valence-corrected chi connectivity index (χ3v) is 13.5. The van der Waals surface area contributed by atoms with E-state index in [1.165, 1.54) is 21.5 Å². The Kier molecular flexibility index (Phi) is 8.58. The largest absolute Gasteiger partial charge is 0.309 e. The van der Waals surface area contributed by atoms with Crippen LogP contribution in [0.2, 0.25) is 0 Å². The van der Waals surface area contributed by atoms with Crippen molar-refractivity contribution in [1.29, 1.82) is 10.5 Å². The standard InChI is InChI=1S/C62H37N5/c63-38-43-29-28-42(34-45(43)39-64)44-35-52(40-16-4-1-5-17-40)61(53(36-44)41-18-6-2-7-19-41)67-58-32-30-47(66-55-25-13-10-22-48(55)49-23-11-14-26-56(49)66)37-54(58)50-31-33-59-60(62(50)67)51-24-12-15-27-57(51)65(59)46-20-8-3-9-21-46/h1-37H. The number of rotatable bonds is 6. The second-order valence-electron chi connectivity index (χ2n) is 17.1. The van der Waals surface area contributed by atoms with Crippen LogP contribution in [0.4, 0.5) is 0 Å². The summed E-state index contributed by atoms with van der Waals surface area (Å²) in [5.74, 6) is 0. The molecule has 3 heterocycles. The van der Waals surface area contributed by atoms with Gasteiger partial charge in [0.1, 0.15) is 12.1 Å². The van der Waals surface area contributed by atoms with E-state index in [-0.39, 0.29) is 0 Å². The summed E-state index contributed by atoms with van der Waals surface area (Å²) in [5, 5.41) is 27.1. The molecule has 5 nitrogen and oxygen atoms in total. The van der Waals surface area contributed by atoms with Gasteiger partial charge < -0.3 is 13.7 Å². The van der Waals surface area contributed by atoms with Crippen molar-refractivity contribution in [2.75, 3.05) is 0 Å². The van der Waals surface area contributed by atoms with Crippen LogP contribution in [0, 0.1) is 22.7 Å². The molecule has 0 saturated heterocycles. The molecule has 0 fully saturated rings. The molecule has 0 spiro atoms. The lowest BCUT2D eigenvalue weighted by atomic mass is 9.90. The first-order chi connectivity index (χ1) is 33.2. The second-order valence-corrected chi connectivity index (χ2v) is 17.1. The molecule has 0 radical (unpaired) electrons. The molecule has 3 aromatic heterocycles. The summed E-state index contributed by atoms with van der Waals surface area (Å²) < 4.78 is 7.32. The first-order valence-corrected chi connectivity index (χ1v) is 22.5. The van der Waals surface area contributed by atoms with E-state index in [2.05, 4.69) is 232 Å². The van der Waals surface area contributed by atoms with Crippen molar-refractivity contribution in [2.45, 2.75) is 0 Å². The summed E-state index contributed by atoms with van der Waals surface area (Å²) in [6.45, 7) is 0. The van der Waals surface area contributed by atoms with Crippen molar-refractivity contribution < 1.29 is 0 Å². The zero-order chi connectivity index (χ0) is 44.6. The van der Waals surface area contributed by atoms with E-state index >= 15 is 0 Å². The van der Waals surface area contributed by atoms with Crippen LogP contribution >= 0.6 is 0 Å². The molecule has 0 aliphatic carbocycles. The normalized spacial score (nSPS) is 11.6. The molecule has 0 unspecified atom stereocenters. The Morgan fingerprint density at radius 2 is 0.806 bits per heavy atom. The molecule has 0 aliphatic heterocycles. The van der Waals surface area contributed by atoms with Gasteiger partial charge in [0.2, 0.25) is 0 Å². The van der Waals surface area contributed by atoms with Crippen LogP contribution in [0.5, 0.6) is 0 Å². The van der Waals surface area contributed by atoms with E-state index in [0.29, 0.717) is 11.1 Å². The van der Waals surface area contributed by atoms with Crippen LogP contribution in [-0.4, -0.2) is 13.7 Å². The van der Waals surface area contributed by atoms with Crippen molar-refractivity contribution in [3.8, 4) is 62.6 Å². The Balaban J connectivity index is 1.23. The van der Waals surface area contributed by atoms with Gasteiger partial charge in [0.15, 0.2) is 0 Å². The molecule has 0 atom stereocenters. The summed E-state index contributed by atoms with van der Waals surface area (Å²) in [7, 11) is 0. The van der Waals surface area contributed by atoms with Gasteiger partial charge >= 0.3 is 0 Å². The first kappa shape index (κ1) is 38.1. The van der Waals surface area contributed by atoms with Gasteiger partial charge in [-0.25, -0.2) is 0 Å². The van der Waals surface area contributed by atoms with Gasteiger partial charge in [-0.3, -0.25) is 0 Å². The molecular weight excluding hydrogens is 815 g/mol. The minimum atomic E-state index is 0.352. The third-order valence-electron chi connectivity index (χ3n) is 13.5. The zero-order valence-electron chi connectivity index (χ0n) is 36.1. The summed E-state index contributed by atoms with van der Waals surface area (Å²) >= 11 is 0. The highest BCUT2D eigenvalue weighted by Gasteiger charge is 2.26. The Morgan fingerprint density at radius 3 is 1.42 bits per heavy atom. The highest BCUT2D eigenvalue weighted by Crippen LogP contribution is 2.48. The quantitative estimate of drug-likeness (QED) is 0.167. The fourth-order valence-corrected chi connectivity index (χ4v) is 10.6. The molecule has 13 rings (SSSR count). The molecule has 0 aliphatic rings. The average Bonchev–Trinajstić information content (AvgIpc) is 4.04. The Morgan fingerprint density at radius 1 is 0.299 bits per heavy atom. The van der Waals surface area contributed by atoms with Gasteiger partial charge in [0.05, 0.1) is 49.9 Å². The van der Waals surface area contributed by atoms with Crippen molar-refractivity contribution in [1.82, 2.24) is 13.7 Å².